The van der Waals surface area contributed by atoms with E-state index >= 15 is 0 Å². The first-order valence-corrected chi connectivity index (χ1v) is 4.83. The van der Waals surface area contributed by atoms with Gasteiger partial charge in [0.2, 0.25) is 0 Å². The van der Waals surface area contributed by atoms with E-state index in [1.807, 2.05) is 0 Å². The Balaban J connectivity index is 3.00. The van der Waals surface area contributed by atoms with Crippen LogP contribution in [-0.4, -0.2) is 25.9 Å². The molecule has 0 aromatic heterocycles. The summed E-state index contributed by atoms with van der Waals surface area (Å²) < 4.78 is 10.2. The van der Waals surface area contributed by atoms with Crippen molar-refractivity contribution in [3.05, 3.63) is 23.8 Å². The van der Waals surface area contributed by atoms with Crippen molar-refractivity contribution >= 4 is 0 Å². The van der Waals surface area contributed by atoms with Gasteiger partial charge in [-0.05, 0) is 31.2 Å². The van der Waals surface area contributed by atoms with Gasteiger partial charge in [-0.15, -0.1) is 0 Å². The van der Waals surface area contributed by atoms with Gasteiger partial charge in [0.05, 0.1) is 20.3 Å². The fraction of sp³-hybridized carbons (Fsp3) is 0.455. The molecule has 3 N–H and O–H groups in total. The van der Waals surface area contributed by atoms with Crippen molar-refractivity contribution in [1.29, 1.82) is 0 Å². The van der Waals surface area contributed by atoms with Crippen molar-refractivity contribution < 1.29 is 14.6 Å². The Morgan fingerprint density at radius 1 is 1.33 bits per heavy atom. The van der Waals surface area contributed by atoms with Gasteiger partial charge >= 0.3 is 0 Å². The molecular formula is C11H17NO3. The van der Waals surface area contributed by atoms with Gasteiger partial charge < -0.3 is 20.3 Å². The molecule has 0 heterocycles. The molecule has 0 radical (unpaired) electrons. The average molecular weight is 211 g/mol. The Labute approximate surface area is 89.6 Å². The number of rotatable bonds is 5. The minimum atomic E-state index is -0.611. The SMILES string of the molecule is COc1ccc(OC)c(C(O)CCN)c1. The molecule has 1 rings (SSSR count). The molecule has 1 aromatic carbocycles. The molecule has 0 aliphatic rings. The third kappa shape index (κ3) is 2.84. The minimum absolute atomic E-state index is 0.432. The zero-order chi connectivity index (χ0) is 11.3. The molecule has 0 spiro atoms. The number of benzene rings is 1. The smallest absolute Gasteiger partial charge is 0.124 e. The van der Waals surface area contributed by atoms with E-state index in [-0.39, 0.29) is 0 Å². The molecule has 4 heteroatoms. The highest BCUT2D eigenvalue weighted by atomic mass is 16.5. The highest BCUT2D eigenvalue weighted by molar-refractivity contribution is 5.41. The van der Waals surface area contributed by atoms with E-state index in [1.54, 1.807) is 32.4 Å². The van der Waals surface area contributed by atoms with Crippen molar-refractivity contribution in [1.82, 2.24) is 0 Å². The molecular weight excluding hydrogens is 194 g/mol. The van der Waals surface area contributed by atoms with E-state index in [4.69, 9.17) is 15.2 Å². The van der Waals surface area contributed by atoms with Crippen LogP contribution in [0.3, 0.4) is 0 Å². The van der Waals surface area contributed by atoms with E-state index in [1.165, 1.54) is 0 Å². The molecule has 0 saturated heterocycles. The number of nitrogens with two attached hydrogens (primary N) is 1. The van der Waals surface area contributed by atoms with Crippen LogP contribution in [0, 0.1) is 0 Å². The Kier molecular flexibility index (Phi) is 4.39. The summed E-state index contributed by atoms with van der Waals surface area (Å²) in [6, 6.07) is 5.32. The summed E-state index contributed by atoms with van der Waals surface area (Å²) in [6.07, 6.45) is -0.108. The molecule has 0 aliphatic heterocycles. The van der Waals surface area contributed by atoms with E-state index in [2.05, 4.69) is 0 Å². The zero-order valence-electron chi connectivity index (χ0n) is 9.06. The van der Waals surface area contributed by atoms with Crippen molar-refractivity contribution in [2.45, 2.75) is 12.5 Å². The number of hydrogen-bond acceptors (Lipinski definition) is 4. The van der Waals surface area contributed by atoms with Crippen molar-refractivity contribution in [2.24, 2.45) is 5.73 Å². The van der Waals surface area contributed by atoms with Gasteiger partial charge in [-0.3, -0.25) is 0 Å². The summed E-state index contributed by atoms with van der Waals surface area (Å²) in [5.74, 6) is 1.35. The van der Waals surface area contributed by atoms with Crippen molar-refractivity contribution in [3.8, 4) is 11.5 Å². The van der Waals surface area contributed by atoms with Crippen LogP contribution in [0.5, 0.6) is 11.5 Å². The highest BCUT2D eigenvalue weighted by Gasteiger charge is 2.13. The second-order valence-electron chi connectivity index (χ2n) is 3.20. The van der Waals surface area contributed by atoms with E-state index in [0.717, 1.165) is 0 Å². The molecule has 1 aromatic rings. The molecule has 4 nitrogen and oxygen atoms in total. The summed E-state index contributed by atoms with van der Waals surface area (Å²) in [4.78, 5) is 0. The number of ether oxygens (including phenoxy) is 2. The molecule has 0 aliphatic carbocycles. The lowest BCUT2D eigenvalue weighted by Gasteiger charge is -2.15. The van der Waals surface area contributed by atoms with Crippen LogP contribution in [0.2, 0.25) is 0 Å². The van der Waals surface area contributed by atoms with Gasteiger partial charge in [-0.1, -0.05) is 0 Å². The van der Waals surface area contributed by atoms with Crippen LogP contribution in [0.1, 0.15) is 18.1 Å². The third-order valence-electron chi connectivity index (χ3n) is 2.24. The third-order valence-corrected chi connectivity index (χ3v) is 2.24. The maximum atomic E-state index is 9.84. The molecule has 0 fully saturated rings. The standard InChI is InChI=1S/C11H17NO3/c1-14-8-3-4-11(15-2)9(7-8)10(13)5-6-12/h3-4,7,10,13H,5-6,12H2,1-2H3. The normalized spacial score (nSPS) is 12.3. The number of hydrogen-bond donors (Lipinski definition) is 2. The summed E-state index contributed by atoms with van der Waals surface area (Å²) >= 11 is 0. The fourth-order valence-electron chi connectivity index (χ4n) is 1.41. The second-order valence-corrected chi connectivity index (χ2v) is 3.20. The first-order valence-electron chi connectivity index (χ1n) is 4.83. The van der Waals surface area contributed by atoms with Crippen molar-refractivity contribution in [2.75, 3.05) is 20.8 Å². The Morgan fingerprint density at radius 2 is 2.07 bits per heavy atom. The van der Waals surface area contributed by atoms with Crippen molar-refractivity contribution in [3.63, 3.8) is 0 Å². The molecule has 15 heavy (non-hydrogen) atoms. The molecule has 0 bridgehead atoms. The average Bonchev–Trinajstić information content (AvgIpc) is 2.28. The Hall–Kier alpha value is -1.26. The van der Waals surface area contributed by atoms with Gasteiger partial charge in [-0.2, -0.15) is 0 Å². The lowest BCUT2D eigenvalue weighted by atomic mass is 10.1. The number of aliphatic hydroxyl groups excluding tert-OH is 1. The topological polar surface area (TPSA) is 64.7 Å². The second kappa shape index (κ2) is 5.58. The maximum Gasteiger partial charge on any atom is 0.124 e. The predicted molar refractivity (Wildman–Crippen MR) is 58.2 cm³/mol. The summed E-state index contributed by atoms with van der Waals surface area (Å²) in [7, 11) is 3.15. The van der Waals surface area contributed by atoms with E-state index < -0.39 is 6.10 Å². The minimum Gasteiger partial charge on any atom is -0.497 e. The van der Waals surface area contributed by atoms with Crippen LogP contribution < -0.4 is 15.2 Å². The van der Waals surface area contributed by atoms with Gasteiger partial charge in [-0.25, -0.2) is 0 Å². The number of aliphatic hydroxyl groups is 1. The maximum absolute atomic E-state index is 9.84. The van der Waals surface area contributed by atoms with Crippen LogP contribution in [-0.2, 0) is 0 Å². The monoisotopic (exact) mass is 211 g/mol. The van der Waals surface area contributed by atoms with Gasteiger partial charge in [0.15, 0.2) is 0 Å². The van der Waals surface area contributed by atoms with Crippen LogP contribution in [0.15, 0.2) is 18.2 Å². The van der Waals surface area contributed by atoms with Crippen LogP contribution in [0.25, 0.3) is 0 Å². The van der Waals surface area contributed by atoms with Gasteiger partial charge in [0.25, 0.3) is 0 Å². The van der Waals surface area contributed by atoms with Crippen LogP contribution in [0.4, 0.5) is 0 Å². The van der Waals surface area contributed by atoms with E-state index in [0.29, 0.717) is 30.0 Å². The quantitative estimate of drug-likeness (QED) is 0.765. The molecule has 1 atom stereocenters. The first kappa shape index (κ1) is 11.8. The molecule has 1 unspecified atom stereocenters. The Morgan fingerprint density at radius 3 is 2.60 bits per heavy atom. The van der Waals surface area contributed by atoms with E-state index in [9.17, 15) is 5.11 Å². The molecule has 84 valence electrons. The molecule has 0 saturated carbocycles. The lowest BCUT2D eigenvalue weighted by molar-refractivity contribution is 0.165. The Bertz CT molecular complexity index is 315. The summed E-state index contributed by atoms with van der Waals surface area (Å²) in [5, 5.41) is 9.84. The number of methoxy groups -OCH3 is 2. The fourth-order valence-corrected chi connectivity index (χ4v) is 1.41. The van der Waals surface area contributed by atoms with Gasteiger partial charge in [0.1, 0.15) is 11.5 Å². The largest absolute Gasteiger partial charge is 0.497 e. The first-order chi connectivity index (χ1) is 7.22. The van der Waals surface area contributed by atoms with Crippen LogP contribution >= 0.6 is 0 Å². The summed E-state index contributed by atoms with van der Waals surface area (Å²) in [5.41, 5.74) is 6.11. The van der Waals surface area contributed by atoms with Gasteiger partial charge in [0, 0.05) is 5.56 Å². The zero-order valence-corrected chi connectivity index (χ0v) is 9.06. The lowest BCUT2D eigenvalue weighted by Crippen LogP contribution is -2.08. The summed E-state index contributed by atoms with van der Waals surface area (Å²) in [6.45, 7) is 0.432. The predicted octanol–water partition coefficient (Wildman–Crippen LogP) is 1.09. The highest BCUT2D eigenvalue weighted by Crippen LogP contribution is 2.30. The molecule has 0 amide bonds.